The molecule has 0 aromatic carbocycles. The van der Waals surface area contributed by atoms with Crippen LogP contribution in [-0.2, 0) is 4.74 Å². The van der Waals surface area contributed by atoms with Gasteiger partial charge in [-0.05, 0) is 39.0 Å². The van der Waals surface area contributed by atoms with E-state index in [1.807, 2.05) is 0 Å². The molecule has 2 heteroatoms. The molecule has 1 saturated heterocycles. The Labute approximate surface area is 81.1 Å². The van der Waals surface area contributed by atoms with Gasteiger partial charge < -0.3 is 10.5 Å². The summed E-state index contributed by atoms with van der Waals surface area (Å²) in [5, 5.41) is 0. The van der Waals surface area contributed by atoms with Gasteiger partial charge in [0.1, 0.15) is 0 Å². The minimum Gasteiger partial charge on any atom is -0.377 e. The predicted octanol–water partition coefficient (Wildman–Crippen LogP) is 2.24. The number of ether oxygens (including phenoxy) is 1. The summed E-state index contributed by atoms with van der Waals surface area (Å²) >= 11 is 0. The Kier molecular flexibility index (Phi) is 4.46. The summed E-state index contributed by atoms with van der Waals surface area (Å²) in [6, 6.07) is 0.206. The monoisotopic (exact) mass is 183 g/mol. The zero-order valence-corrected chi connectivity index (χ0v) is 8.59. The van der Waals surface area contributed by atoms with Crippen LogP contribution in [0.1, 0.15) is 39.0 Å². The average molecular weight is 183 g/mol. The van der Waals surface area contributed by atoms with Crippen molar-refractivity contribution in [2.24, 2.45) is 5.73 Å². The van der Waals surface area contributed by atoms with Crippen LogP contribution >= 0.6 is 0 Å². The van der Waals surface area contributed by atoms with Crippen molar-refractivity contribution < 1.29 is 4.74 Å². The van der Waals surface area contributed by atoms with Crippen molar-refractivity contribution in [1.82, 2.24) is 0 Å². The summed E-state index contributed by atoms with van der Waals surface area (Å²) in [6.45, 7) is 6.82. The van der Waals surface area contributed by atoms with E-state index in [9.17, 15) is 0 Å². The first-order chi connectivity index (χ1) is 6.20. The second kappa shape index (κ2) is 5.40. The maximum atomic E-state index is 6.03. The summed E-state index contributed by atoms with van der Waals surface area (Å²) < 4.78 is 5.62. The number of allylic oxidation sites excluding steroid dienone is 1. The normalized spacial score (nSPS) is 25.5. The second-order valence-corrected chi connectivity index (χ2v) is 4.06. The van der Waals surface area contributed by atoms with Gasteiger partial charge in [-0.25, -0.2) is 0 Å². The molecule has 1 aliphatic heterocycles. The standard InChI is InChI=1S/C11H21NO/c1-9(2)6-7-10(12)11-5-3-4-8-13-11/h10-11H,1,3-8,12H2,2H3. The zero-order chi connectivity index (χ0) is 9.68. The van der Waals surface area contributed by atoms with Gasteiger partial charge in [0.25, 0.3) is 0 Å². The third-order valence-corrected chi connectivity index (χ3v) is 2.60. The number of rotatable bonds is 4. The first-order valence-corrected chi connectivity index (χ1v) is 5.21. The molecule has 76 valence electrons. The third-order valence-electron chi connectivity index (χ3n) is 2.60. The molecule has 0 bridgehead atoms. The molecule has 1 fully saturated rings. The van der Waals surface area contributed by atoms with Crippen LogP contribution in [-0.4, -0.2) is 18.8 Å². The lowest BCUT2D eigenvalue weighted by molar-refractivity contribution is -0.000920. The fraction of sp³-hybridized carbons (Fsp3) is 0.818. The quantitative estimate of drug-likeness (QED) is 0.678. The highest BCUT2D eigenvalue weighted by atomic mass is 16.5. The minimum atomic E-state index is 0.206. The van der Waals surface area contributed by atoms with Crippen molar-refractivity contribution in [3.05, 3.63) is 12.2 Å². The Morgan fingerprint density at radius 3 is 2.92 bits per heavy atom. The molecule has 2 unspecified atom stereocenters. The van der Waals surface area contributed by atoms with E-state index in [1.165, 1.54) is 18.4 Å². The van der Waals surface area contributed by atoms with Crippen LogP contribution in [0.15, 0.2) is 12.2 Å². The van der Waals surface area contributed by atoms with Gasteiger partial charge in [-0.15, -0.1) is 6.58 Å². The Bertz CT molecular complexity index is 161. The molecule has 1 aliphatic rings. The Hall–Kier alpha value is -0.340. The Balaban J connectivity index is 2.20. The van der Waals surface area contributed by atoms with E-state index in [0.29, 0.717) is 6.10 Å². The highest BCUT2D eigenvalue weighted by Gasteiger charge is 2.20. The topological polar surface area (TPSA) is 35.2 Å². The van der Waals surface area contributed by atoms with Crippen molar-refractivity contribution in [3.63, 3.8) is 0 Å². The van der Waals surface area contributed by atoms with Crippen LogP contribution in [0.25, 0.3) is 0 Å². The number of hydrogen-bond acceptors (Lipinski definition) is 2. The van der Waals surface area contributed by atoms with Crippen molar-refractivity contribution in [3.8, 4) is 0 Å². The summed E-state index contributed by atoms with van der Waals surface area (Å²) in [5.74, 6) is 0. The first-order valence-electron chi connectivity index (χ1n) is 5.21. The van der Waals surface area contributed by atoms with Crippen LogP contribution in [0.3, 0.4) is 0 Å². The molecule has 2 nitrogen and oxygen atoms in total. The Morgan fingerprint density at radius 2 is 2.38 bits per heavy atom. The van der Waals surface area contributed by atoms with E-state index in [4.69, 9.17) is 10.5 Å². The van der Waals surface area contributed by atoms with Crippen LogP contribution in [0, 0.1) is 0 Å². The molecule has 2 atom stereocenters. The van der Waals surface area contributed by atoms with Crippen LogP contribution in [0.5, 0.6) is 0 Å². The summed E-state index contributed by atoms with van der Waals surface area (Å²) in [4.78, 5) is 0. The van der Waals surface area contributed by atoms with E-state index in [0.717, 1.165) is 25.9 Å². The fourth-order valence-electron chi connectivity index (χ4n) is 1.70. The van der Waals surface area contributed by atoms with Crippen LogP contribution in [0.4, 0.5) is 0 Å². The molecule has 0 aromatic rings. The molecule has 0 amide bonds. The summed E-state index contributed by atoms with van der Waals surface area (Å²) in [5.41, 5.74) is 7.24. The Morgan fingerprint density at radius 1 is 1.62 bits per heavy atom. The zero-order valence-electron chi connectivity index (χ0n) is 8.59. The summed E-state index contributed by atoms with van der Waals surface area (Å²) in [7, 11) is 0. The first kappa shape index (κ1) is 10.7. The van der Waals surface area contributed by atoms with Gasteiger partial charge >= 0.3 is 0 Å². The molecule has 1 heterocycles. The highest BCUT2D eigenvalue weighted by molar-refractivity contribution is 4.90. The van der Waals surface area contributed by atoms with Gasteiger partial charge in [-0.2, -0.15) is 0 Å². The smallest absolute Gasteiger partial charge is 0.0726 e. The molecular weight excluding hydrogens is 162 g/mol. The van der Waals surface area contributed by atoms with Gasteiger partial charge in [0.05, 0.1) is 6.10 Å². The molecule has 0 radical (unpaired) electrons. The van der Waals surface area contributed by atoms with Gasteiger partial charge in [0.15, 0.2) is 0 Å². The van der Waals surface area contributed by atoms with Gasteiger partial charge in [0, 0.05) is 12.6 Å². The number of hydrogen-bond donors (Lipinski definition) is 1. The van der Waals surface area contributed by atoms with Crippen LogP contribution in [0.2, 0.25) is 0 Å². The lowest BCUT2D eigenvalue weighted by atomic mass is 9.98. The minimum absolute atomic E-state index is 0.206. The molecule has 0 aromatic heterocycles. The van der Waals surface area contributed by atoms with Crippen molar-refractivity contribution in [2.75, 3.05) is 6.61 Å². The molecule has 0 saturated carbocycles. The lowest BCUT2D eigenvalue weighted by Gasteiger charge is -2.27. The lowest BCUT2D eigenvalue weighted by Crippen LogP contribution is -2.38. The fourth-order valence-corrected chi connectivity index (χ4v) is 1.70. The van der Waals surface area contributed by atoms with Crippen molar-refractivity contribution in [1.29, 1.82) is 0 Å². The van der Waals surface area contributed by atoms with Crippen molar-refractivity contribution in [2.45, 2.75) is 51.2 Å². The highest BCUT2D eigenvalue weighted by Crippen LogP contribution is 2.18. The third kappa shape index (κ3) is 3.92. The molecule has 13 heavy (non-hydrogen) atoms. The van der Waals surface area contributed by atoms with E-state index in [2.05, 4.69) is 13.5 Å². The van der Waals surface area contributed by atoms with Gasteiger partial charge in [0.2, 0.25) is 0 Å². The van der Waals surface area contributed by atoms with E-state index in [-0.39, 0.29) is 6.04 Å². The average Bonchev–Trinajstić information content (AvgIpc) is 2.15. The van der Waals surface area contributed by atoms with Crippen LogP contribution < -0.4 is 5.73 Å². The summed E-state index contributed by atoms with van der Waals surface area (Å²) in [6.07, 6.45) is 5.95. The molecule has 0 aliphatic carbocycles. The van der Waals surface area contributed by atoms with E-state index < -0.39 is 0 Å². The molecule has 1 rings (SSSR count). The van der Waals surface area contributed by atoms with Gasteiger partial charge in [-0.1, -0.05) is 5.57 Å². The largest absolute Gasteiger partial charge is 0.377 e. The molecule has 0 spiro atoms. The predicted molar refractivity (Wildman–Crippen MR) is 55.6 cm³/mol. The van der Waals surface area contributed by atoms with E-state index in [1.54, 1.807) is 0 Å². The second-order valence-electron chi connectivity index (χ2n) is 4.06. The maximum Gasteiger partial charge on any atom is 0.0726 e. The van der Waals surface area contributed by atoms with Crippen molar-refractivity contribution >= 4 is 0 Å². The van der Waals surface area contributed by atoms with E-state index >= 15 is 0 Å². The number of nitrogens with two attached hydrogens (primary N) is 1. The van der Waals surface area contributed by atoms with Gasteiger partial charge in [-0.3, -0.25) is 0 Å². The molecule has 2 N–H and O–H groups in total. The molecular formula is C11H21NO. The SMILES string of the molecule is C=C(C)CCC(N)C1CCCCO1. The maximum absolute atomic E-state index is 6.03.